The Morgan fingerprint density at radius 1 is 0.568 bits per heavy atom. The highest BCUT2D eigenvalue weighted by atomic mass is 16.6. The number of nitro benzene ring substituents is 1. The number of nitrogens with zero attached hydrogens (tertiary/aromatic N) is 5. The number of nitro groups is 1. The van der Waals surface area contributed by atoms with Gasteiger partial charge in [-0.1, -0.05) is 72.8 Å². The van der Waals surface area contributed by atoms with Crippen molar-refractivity contribution in [2.75, 3.05) is 88.1 Å². The molecule has 2 fully saturated rings. The van der Waals surface area contributed by atoms with Gasteiger partial charge in [-0.05, 0) is 76.9 Å². The summed E-state index contributed by atoms with van der Waals surface area (Å²) in [5.41, 5.74) is 9.18. The maximum Gasteiger partial charge on any atom is 0.323 e. The van der Waals surface area contributed by atoms with E-state index >= 15 is 0 Å². The summed E-state index contributed by atoms with van der Waals surface area (Å²) in [7, 11) is 3.13. The molecule has 0 radical (unpaired) electrons. The van der Waals surface area contributed by atoms with Crippen molar-refractivity contribution in [1.29, 1.82) is 0 Å². The predicted octanol–water partition coefficient (Wildman–Crippen LogP) is 11.0. The summed E-state index contributed by atoms with van der Waals surface area (Å²) in [6.45, 7) is 10.1. The van der Waals surface area contributed by atoms with Gasteiger partial charge >= 0.3 is 12.1 Å². The van der Waals surface area contributed by atoms with Crippen molar-refractivity contribution < 1.29 is 33.5 Å². The van der Waals surface area contributed by atoms with Crippen LogP contribution in [-0.2, 0) is 22.6 Å². The third kappa shape index (κ3) is 12.4. The molecule has 2 aliphatic heterocycles. The Hall–Kier alpha value is -8.48. The summed E-state index contributed by atoms with van der Waals surface area (Å²) in [4.78, 5) is 50.3. The molecule has 17 heteroatoms. The SMILES string of the molecule is COc1ccc(NC(=O)Nc2ccc(-c3ccc(CN4CCOCC4)nc3)c3ccccc23)c(OC)c1.Cc1cc([N+](=O)[O-])ccc1NC(=O)Nc1ccc(-c2ccc(CN3CCOCC3)nc2)c2ccccc12. The lowest BCUT2D eigenvalue weighted by Crippen LogP contribution is -2.35. The number of amides is 4. The molecule has 0 bridgehead atoms. The molecule has 378 valence electrons. The fraction of sp³-hybridized carbons (Fsp3) is 0.228. The standard InChI is InChI=1S/C29H30N4O4.C28H27N5O4/c1-35-22-9-11-27(28(17-22)36-2)32-29(34)31-26-12-10-23(24-5-3-4-6-25(24)26)20-7-8-21(30-18-20)19-33-13-15-37-16-14-33;1-19-16-22(33(35)36)8-10-26(19)30-28(34)31-27-11-9-23(24-4-2-3-5-25(24)27)20-6-7-21(29-17-20)18-32-12-14-37-15-13-32/h3-12,17-18H,13-16,19H2,1-2H3,(H2,31,32,34);2-11,16-17H,12-15,18H2,1H3,(H2,30,31,34). The van der Waals surface area contributed by atoms with Gasteiger partial charge in [-0.15, -0.1) is 0 Å². The molecule has 6 aromatic carbocycles. The van der Waals surface area contributed by atoms with Gasteiger partial charge in [0.1, 0.15) is 11.5 Å². The maximum absolute atomic E-state index is 12.9. The van der Waals surface area contributed by atoms with Gasteiger partial charge in [-0.3, -0.25) is 29.9 Å². The van der Waals surface area contributed by atoms with Crippen LogP contribution in [0.5, 0.6) is 11.5 Å². The number of hydrogen-bond donors (Lipinski definition) is 4. The summed E-state index contributed by atoms with van der Waals surface area (Å²) in [6, 6.07) is 40.8. The number of methoxy groups -OCH3 is 2. The zero-order chi connectivity index (χ0) is 51.4. The van der Waals surface area contributed by atoms with Crippen LogP contribution in [-0.4, -0.2) is 104 Å². The summed E-state index contributed by atoms with van der Waals surface area (Å²) in [5, 5.41) is 26.4. The number of urea groups is 2. The zero-order valence-electron chi connectivity index (χ0n) is 41.4. The number of rotatable bonds is 13. The monoisotopic (exact) mass is 995 g/mol. The molecule has 0 atom stereocenters. The third-order valence-electron chi connectivity index (χ3n) is 12.9. The van der Waals surface area contributed by atoms with E-state index < -0.39 is 11.0 Å². The number of morpholine rings is 2. The van der Waals surface area contributed by atoms with Crippen LogP contribution in [0.25, 0.3) is 43.8 Å². The van der Waals surface area contributed by atoms with Gasteiger partial charge in [-0.2, -0.15) is 0 Å². The van der Waals surface area contributed by atoms with Gasteiger partial charge in [0.2, 0.25) is 0 Å². The highest BCUT2D eigenvalue weighted by molar-refractivity contribution is 6.11. The summed E-state index contributed by atoms with van der Waals surface area (Å²) >= 11 is 0. The number of anilines is 4. The second-order valence-electron chi connectivity index (χ2n) is 17.7. The number of ether oxygens (including phenoxy) is 4. The predicted molar refractivity (Wildman–Crippen MR) is 289 cm³/mol. The Morgan fingerprint density at radius 2 is 1.03 bits per heavy atom. The minimum atomic E-state index is -0.461. The molecule has 0 aliphatic carbocycles. The number of benzene rings is 6. The first kappa shape index (κ1) is 50.5. The van der Waals surface area contributed by atoms with Crippen molar-refractivity contribution in [3.05, 3.63) is 173 Å². The number of fused-ring (bicyclic) bond motifs is 2. The Kier molecular flexibility index (Phi) is 16.2. The molecule has 4 N–H and O–H groups in total. The van der Waals surface area contributed by atoms with E-state index in [0.29, 0.717) is 39.8 Å². The summed E-state index contributed by atoms with van der Waals surface area (Å²) in [6.07, 6.45) is 3.82. The van der Waals surface area contributed by atoms with Gasteiger partial charge in [0, 0.05) is 97.4 Å². The van der Waals surface area contributed by atoms with Gasteiger partial charge in [0.15, 0.2) is 0 Å². The normalized spacial score (nSPS) is 13.8. The first-order valence-corrected chi connectivity index (χ1v) is 24.3. The molecule has 0 saturated carbocycles. The number of carbonyl (C=O) groups excluding carboxylic acids is 2. The fourth-order valence-electron chi connectivity index (χ4n) is 9.01. The van der Waals surface area contributed by atoms with Crippen LogP contribution < -0.4 is 30.7 Å². The van der Waals surface area contributed by atoms with Crippen molar-refractivity contribution >= 4 is 62.0 Å². The molecule has 4 heterocycles. The lowest BCUT2D eigenvalue weighted by Gasteiger charge is -2.26. The van der Waals surface area contributed by atoms with Crippen LogP contribution in [0, 0.1) is 17.0 Å². The van der Waals surface area contributed by atoms with E-state index in [9.17, 15) is 19.7 Å². The van der Waals surface area contributed by atoms with Crippen LogP contribution in [0.3, 0.4) is 0 Å². The lowest BCUT2D eigenvalue weighted by molar-refractivity contribution is -0.384. The van der Waals surface area contributed by atoms with Crippen LogP contribution >= 0.6 is 0 Å². The fourth-order valence-corrected chi connectivity index (χ4v) is 9.01. The second-order valence-corrected chi connectivity index (χ2v) is 17.7. The van der Waals surface area contributed by atoms with Crippen molar-refractivity contribution in [3.63, 3.8) is 0 Å². The maximum atomic E-state index is 12.9. The Bertz CT molecular complexity index is 3270. The zero-order valence-corrected chi connectivity index (χ0v) is 41.4. The molecule has 2 aromatic heterocycles. The molecular weight excluding hydrogens is 939 g/mol. The average molecular weight is 996 g/mol. The molecule has 4 amide bonds. The molecule has 0 unspecified atom stereocenters. The quantitative estimate of drug-likeness (QED) is 0.0631. The van der Waals surface area contributed by atoms with E-state index in [1.54, 1.807) is 39.3 Å². The number of aromatic nitrogens is 2. The highest BCUT2D eigenvalue weighted by Gasteiger charge is 2.17. The van der Waals surface area contributed by atoms with E-state index in [4.69, 9.17) is 28.9 Å². The average Bonchev–Trinajstić information content (AvgIpc) is 3.43. The number of pyridine rings is 2. The lowest BCUT2D eigenvalue weighted by atomic mass is 9.98. The second kappa shape index (κ2) is 23.8. The first-order valence-electron chi connectivity index (χ1n) is 24.3. The molecular formula is C57H57N9O8. The highest BCUT2D eigenvalue weighted by Crippen LogP contribution is 2.36. The Morgan fingerprint density at radius 3 is 1.47 bits per heavy atom. The number of nitrogens with one attached hydrogen (secondary N) is 4. The van der Waals surface area contributed by atoms with Crippen LogP contribution in [0.4, 0.5) is 38.0 Å². The third-order valence-corrected chi connectivity index (χ3v) is 12.9. The molecule has 0 spiro atoms. The van der Waals surface area contributed by atoms with Crippen LogP contribution in [0.2, 0.25) is 0 Å². The number of hydrogen-bond acceptors (Lipinski definition) is 12. The Balaban J connectivity index is 0.000000182. The van der Waals surface area contributed by atoms with E-state index in [2.05, 4.69) is 61.4 Å². The van der Waals surface area contributed by atoms with Gasteiger partial charge < -0.3 is 40.2 Å². The Labute approximate surface area is 428 Å². The topological polar surface area (TPSA) is 195 Å². The van der Waals surface area contributed by atoms with Gasteiger partial charge in [0.25, 0.3) is 5.69 Å². The van der Waals surface area contributed by atoms with Crippen LogP contribution in [0.15, 0.2) is 146 Å². The number of non-ortho nitro benzene ring substituents is 1. The number of carbonyl (C=O) groups is 2. The van der Waals surface area contributed by atoms with Crippen molar-refractivity contribution in [2.24, 2.45) is 0 Å². The van der Waals surface area contributed by atoms with E-state index in [-0.39, 0.29) is 11.7 Å². The molecule has 17 nitrogen and oxygen atoms in total. The van der Waals surface area contributed by atoms with Gasteiger partial charge in [-0.25, -0.2) is 9.59 Å². The van der Waals surface area contributed by atoms with E-state index in [1.165, 1.54) is 18.2 Å². The molecule has 2 saturated heterocycles. The summed E-state index contributed by atoms with van der Waals surface area (Å²) in [5.74, 6) is 1.16. The van der Waals surface area contributed by atoms with E-state index in [1.807, 2.05) is 79.1 Å². The van der Waals surface area contributed by atoms with E-state index in [0.717, 1.165) is 121 Å². The smallest absolute Gasteiger partial charge is 0.323 e. The largest absolute Gasteiger partial charge is 0.497 e. The molecule has 74 heavy (non-hydrogen) atoms. The minimum absolute atomic E-state index is 0.0198. The van der Waals surface area contributed by atoms with Crippen LogP contribution in [0.1, 0.15) is 17.0 Å². The molecule has 8 aromatic rings. The molecule has 2 aliphatic rings. The first-order chi connectivity index (χ1) is 36.1. The van der Waals surface area contributed by atoms with Crippen molar-refractivity contribution in [1.82, 2.24) is 19.8 Å². The van der Waals surface area contributed by atoms with Crippen molar-refractivity contribution in [3.8, 4) is 33.8 Å². The minimum Gasteiger partial charge on any atom is -0.497 e. The summed E-state index contributed by atoms with van der Waals surface area (Å²) < 4.78 is 21.5. The molecule has 10 rings (SSSR count). The van der Waals surface area contributed by atoms with Gasteiger partial charge in [0.05, 0.1) is 74.0 Å². The van der Waals surface area contributed by atoms with Crippen molar-refractivity contribution in [2.45, 2.75) is 20.0 Å². The number of aryl methyl sites for hydroxylation is 1.